The predicted molar refractivity (Wildman–Crippen MR) is 79.9 cm³/mol. The second kappa shape index (κ2) is 6.19. The van der Waals surface area contributed by atoms with E-state index in [0.29, 0.717) is 11.4 Å². The number of aromatic nitrogens is 1. The molecular formula is C13H11ClN4O3. The summed E-state index contributed by atoms with van der Waals surface area (Å²) in [7, 11) is 0. The number of nitro groups is 1. The van der Waals surface area contributed by atoms with Crippen LogP contribution in [0.3, 0.4) is 0 Å². The van der Waals surface area contributed by atoms with Crippen LogP contribution in [0.2, 0.25) is 5.15 Å². The van der Waals surface area contributed by atoms with Gasteiger partial charge in [0.1, 0.15) is 5.15 Å². The van der Waals surface area contributed by atoms with E-state index in [-0.39, 0.29) is 22.6 Å². The van der Waals surface area contributed by atoms with Crippen molar-refractivity contribution in [3.8, 4) is 0 Å². The zero-order valence-corrected chi connectivity index (χ0v) is 11.7. The van der Waals surface area contributed by atoms with Crippen molar-refractivity contribution in [3.63, 3.8) is 0 Å². The lowest BCUT2D eigenvalue weighted by Crippen LogP contribution is -2.05. The van der Waals surface area contributed by atoms with E-state index in [9.17, 15) is 14.9 Å². The Morgan fingerprint density at radius 1 is 1.19 bits per heavy atom. The first kappa shape index (κ1) is 14.7. The van der Waals surface area contributed by atoms with E-state index in [4.69, 9.17) is 11.6 Å². The molecule has 0 aliphatic carbocycles. The van der Waals surface area contributed by atoms with Crippen LogP contribution in [0.25, 0.3) is 0 Å². The summed E-state index contributed by atoms with van der Waals surface area (Å²) in [6.07, 6.45) is 0. The summed E-state index contributed by atoms with van der Waals surface area (Å²) in [6, 6.07) is 9.30. The third-order valence-corrected chi connectivity index (χ3v) is 2.72. The van der Waals surface area contributed by atoms with Crippen LogP contribution in [0.15, 0.2) is 36.4 Å². The Hall–Kier alpha value is -2.67. The van der Waals surface area contributed by atoms with Crippen LogP contribution >= 0.6 is 11.6 Å². The van der Waals surface area contributed by atoms with Crippen molar-refractivity contribution < 1.29 is 9.72 Å². The summed E-state index contributed by atoms with van der Waals surface area (Å²) in [5.41, 5.74) is 1.04. The highest BCUT2D eigenvalue weighted by Crippen LogP contribution is 2.27. The highest BCUT2D eigenvalue weighted by Gasteiger charge is 2.15. The molecule has 1 heterocycles. The highest BCUT2D eigenvalue weighted by atomic mass is 35.5. The number of hydrogen-bond acceptors (Lipinski definition) is 5. The van der Waals surface area contributed by atoms with Gasteiger partial charge >= 0.3 is 5.69 Å². The number of benzene rings is 1. The average Bonchev–Trinajstić information content (AvgIpc) is 2.40. The fourth-order valence-corrected chi connectivity index (χ4v) is 1.79. The minimum atomic E-state index is -0.544. The van der Waals surface area contributed by atoms with E-state index in [1.165, 1.54) is 19.1 Å². The number of nitrogens with zero attached hydrogens (tertiary/aromatic N) is 2. The summed E-state index contributed by atoms with van der Waals surface area (Å²) in [6.45, 7) is 1.41. The first-order chi connectivity index (χ1) is 9.95. The van der Waals surface area contributed by atoms with Crippen LogP contribution in [0, 0.1) is 10.1 Å². The van der Waals surface area contributed by atoms with Crippen molar-refractivity contribution in [3.05, 3.63) is 51.7 Å². The van der Waals surface area contributed by atoms with Crippen molar-refractivity contribution in [2.45, 2.75) is 6.92 Å². The zero-order valence-electron chi connectivity index (χ0n) is 11.0. The smallest absolute Gasteiger partial charge is 0.311 e. The maximum atomic E-state index is 10.9. The molecule has 8 heteroatoms. The summed E-state index contributed by atoms with van der Waals surface area (Å²) in [4.78, 5) is 25.2. The third kappa shape index (κ3) is 3.90. The molecule has 0 saturated heterocycles. The Bertz CT molecular complexity index is 688. The predicted octanol–water partition coefficient (Wildman–Crippen LogP) is 3.35. The molecule has 0 fully saturated rings. The second-order valence-corrected chi connectivity index (χ2v) is 4.53. The summed E-state index contributed by atoms with van der Waals surface area (Å²) < 4.78 is 0. The Kier molecular flexibility index (Phi) is 4.34. The molecule has 0 spiro atoms. The number of amides is 1. The van der Waals surface area contributed by atoms with Crippen molar-refractivity contribution in [2.75, 3.05) is 10.6 Å². The molecule has 1 amide bonds. The Morgan fingerprint density at radius 3 is 2.38 bits per heavy atom. The average molecular weight is 307 g/mol. The zero-order chi connectivity index (χ0) is 15.4. The summed E-state index contributed by atoms with van der Waals surface area (Å²) in [5, 5.41) is 16.5. The number of hydrogen-bond donors (Lipinski definition) is 2. The van der Waals surface area contributed by atoms with Crippen LogP contribution in [0.1, 0.15) is 6.92 Å². The standard InChI is InChI=1S/C13H11ClN4O3/c1-8(19)15-9-2-4-10(5-3-9)16-13-11(18(20)21)6-7-12(14)17-13/h2-7H,1H3,(H,15,19)(H,16,17). The minimum Gasteiger partial charge on any atom is -0.334 e. The maximum absolute atomic E-state index is 10.9. The normalized spacial score (nSPS) is 10.0. The van der Waals surface area contributed by atoms with Gasteiger partial charge in [0, 0.05) is 24.4 Å². The number of rotatable bonds is 4. The molecule has 0 aliphatic heterocycles. The number of halogens is 1. The minimum absolute atomic E-state index is 0.0553. The van der Waals surface area contributed by atoms with Gasteiger partial charge in [0.25, 0.3) is 0 Å². The molecule has 0 aliphatic rings. The van der Waals surface area contributed by atoms with Crippen molar-refractivity contribution in [1.82, 2.24) is 4.98 Å². The Balaban J connectivity index is 2.23. The van der Waals surface area contributed by atoms with Crippen LogP contribution in [0.4, 0.5) is 22.9 Å². The number of carbonyl (C=O) groups is 1. The van der Waals surface area contributed by atoms with Crippen LogP contribution in [0.5, 0.6) is 0 Å². The van der Waals surface area contributed by atoms with Gasteiger partial charge in [-0.2, -0.15) is 0 Å². The van der Waals surface area contributed by atoms with Crippen LogP contribution in [-0.4, -0.2) is 15.8 Å². The molecule has 0 bridgehead atoms. The quantitative estimate of drug-likeness (QED) is 0.513. The lowest BCUT2D eigenvalue weighted by Gasteiger charge is -2.08. The second-order valence-electron chi connectivity index (χ2n) is 4.14. The molecule has 0 unspecified atom stereocenters. The molecule has 7 nitrogen and oxygen atoms in total. The monoisotopic (exact) mass is 306 g/mol. The number of nitrogens with one attached hydrogen (secondary N) is 2. The van der Waals surface area contributed by atoms with Gasteiger partial charge in [-0.05, 0) is 30.3 Å². The van der Waals surface area contributed by atoms with Crippen LogP contribution < -0.4 is 10.6 Å². The molecule has 1 aromatic heterocycles. The topological polar surface area (TPSA) is 97.2 Å². The van der Waals surface area contributed by atoms with E-state index >= 15 is 0 Å². The van der Waals surface area contributed by atoms with E-state index in [0.717, 1.165) is 0 Å². The Morgan fingerprint density at radius 2 is 1.81 bits per heavy atom. The fraction of sp³-hybridized carbons (Fsp3) is 0.0769. The molecule has 0 radical (unpaired) electrons. The molecule has 108 valence electrons. The maximum Gasteiger partial charge on any atom is 0.311 e. The van der Waals surface area contributed by atoms with Gasteiger partial charge in [0.05, 0.1) is 4.92 Å². The van der Waals surface area contributed by atoms with Crippen molar-refractivity contribution in [1.29, 1.82) is 0 Å². The Labute approximate surface area is 125 Å². The lowest BCUT2D eigenvalue weighted by molar-refractivity contribution is -0.384. The molecule has 2 N–H and O–H groups in total. The summed E-state index contributed by atoms with van der Waals surface area (Å²) in [5.74, 6) is -0.123. The number of carbonyl (C=O) groups excluding carboxylic acids is 1. The lowest BCUT2D eigenvalue weighted by atomic mass is 10.2. The van der Waals surface area contributed by atoms with E-state index in [2.05, 4.69) is 15.6 Å². The number of pyridine rings is 1. The molecule has 2 aromatic rings. The molecule has 1 aromatic carbocycles. The SMILES string of the molecule is CC(=O)Nc1ccc(Nc2nc(Cl)ccc2[N+](=O)[O-])cc1. The van der Waals surface area contributed by atoms with Gasteiger partial charge in [-0.15, -0.1) is 0 Å². The third-order valence-electron chi connectivity index (χ3n) is 2.50. The fourth-order valence-electron chi connectivity index (χ4n) is 1.64. The van der Waals surface area contributed by atoms with Gasteiger partial charge in [-0.1, -0.05) is 11.6 Å². The highest BCUT2D eigenvalue weighted by molar-refractivity contribution is 6.29. The van der Waals surface area contributed by atoms with Crippen molar-refractivity contribution in [2.24, 2.45) is 0 Å². The largest absolute Gasteiger partial charge is 0.334 e. The first-order valence-corrected chi connectivity index (χ1v) is 6.29. The van der Waals surface area contributed by atoms with Crippen LogP contribution in [-0.2, 0) is 4.79 Å². The van der Waals surface area contributed by atoms with E-state index < -0.39 is 4.92 Å². The van der Waals surface area contributed by atoms with Gasteiger partial charge in [0.2, 0.25) is 11.7 Å². The molecule has 0 atom stereocenters. The van der Waals surface area contributed by atoms with Gasteiger partial charge in [-0.3, -0.25) is 14.9 Å². The van der Waals surface area contributed by atoms with E-state index in [1.807, 2.05) is 0 Å². The molecular weight excluding hydrogens is 296 g/mol. The summed E-state index contributed by atoms with van der Waals surface area (Å²) >= 11 is 5.75. The first-order valence-electron chi connectivity index (χ1n) is 5.91. The molecule has 2 rings (SSSR count). The van der Waals surface area contributed by atoms with Gasteiger partial charge < -0.3 is 10.6 Å². The number of anilines is 3. The molecule has 0 saturated carbocycles. The van der Waals surface area contributed by atoms with E-state index in [1.54, 1.807) is 24.3 Å². The van der Waals surface area contributed by atoms with Gasteiger partial charge in [0.15, 0.2) is 0 Å². The van der Waals surface area contributed by atoms with Crippen molar-refractivity contribution >= 4 is 40.4 Å². The molecule has 21 heavy (non-hydrogen) atoms. The van der Waals surface area contributed by atoms with Gasteiger partial charge in [-0.25, -0.2) is 4.98 Å².